The van der Waals surface area contributed by atoms with Gasteiger partial charge >= 0.3 is 0 Å². The van der Waals surface area contributed by atoms with Crippen LogP contribution in [0.2, 0.25) is 0 Å². The third-order valence-corrected chi connectivity index (χ3v) is 6.73. The van der Waals surface area contributed by atoms with Gasteiger partial charge in [-0.15, -0.1) is 0 Å². The molecule has 1 amide bonds. The molecule has 8 nitrogen and oxygen atoms in total. The zero-order valence-electron chi connectivity index (χ0n) is 15.2. The molecule has 1 fully saturated rings. The molecule has 0 N–H and O–H groups in total. The molecular formula is C19H19N3O5S. The first-order valence-electron chi connectivity index (χ1n) is 8.85. The second-order valence-corrected chi connectivity index (χ2v) is 9.12. The average molecular weight is 401 g/mol. The Morgan fingerprint density at radius 3 is 2.64 bits per heavy atom. The van der Waals surface area contributed by atoms with E-state index in [-0.39, 0.29) is 29.3 Å². The van der Waals surface area contributed by atoms with E-state index in [9.17, 15) is 18.0 Å². The fourth-order valence-electron chi connectivity index (χ4n) is 3.55. The maximum Gasteiger partial charge on any atom is 0.275 e. The number of aryl methyl sites for hydroxylation is 1. The van der Waals surface area contributed by atoms with E-state index in [0.717, 1.165) is 4.68 Å². The van der Waals surface area contributed by atoms with E-state index >= 15 is 0 Å². The fourth-order valence-corrected chi connectivity index (χ4v) is 5.28. The van der Waals surface area contributed by atoms with Crippen molar-refractivity contribution < 1.29 is 17.6 Å². The summed E-state index contributed by atoms with van der Waals surface area (Å²) in [6.07, 6.45) is 1.86. The molecule has 146 valence electrons. The van der Waals surface area contributed by atoms with E-state index in [2.05, 4.69) is 5.10 Å². The van der Waals surface area contributed by atoms with Gasteiger partial charge in [-0.3, -0.25) is 9.59 Å². The van der Waals surface area contributed by atoms with Gasteiger partial charge < -0.3 is 9.32 Å². The predicted octanol–water partition coefficient (Wildman–Crippen LogP) is 1.36. The largest absolute Gasteiger partial charge is 0.467 e. The highest BCUT2D eigenvalue weighted by Crippen LogP contribution is 2.24. The normalized spacial score (nSPS) is 18.4. The minimum absolute atomic E-state index is 0.0427. The van der Waals surface area contributed by atoms with Gasteiger partial charge in [-0.25, -0.2) is 13.1 Å². The Hall–Kier alpha value is -2.94. The van der Waals surface area contributed by atoms with Gasteiger partial charge in [0.15, 0.2) is 15.5 Å². The summed E-state index contributed by atoms with van der Waals surface area (Å²) in [6.45, 7) is 0.130. The molecular weight excluding hydrogens is 382 g/mol. The van der Waals surface area contributed by atoms with Crippen molar-refractivity contribution in [2.24, 2.45) is 7.05 Å². The highest BCUT2D eigenvalue weighted by Gasteiger charge is 2.36. The number of rotatable bonds is 4. The Kier molecular flexibility index (Phi) is 4.54. The summed E-state index contributed by atoms with van der Waals surface area (Å²) < 4.78 is 30.5. The molecule has 3 heterocycles. The summed E-state index contributed by atoms with van der Waals surface area (Å²) in [7, 11) is -1.70. The third-order valence-electron chi connectivity index (χ3n) is 4.98. The summed E-state index contributed by atoms with van der Waals surface area (Å²) in [4.78, 5) is 27.3. The van der Waals surface area contributed by atoms with Crippen molar-refractivity contribution in [3.63, 3.8) is 0 Å². The molecule has 0 spiro atoms. The molecule has 2 aromatic heterocycles. The summed E-state index contributed by atoms with van der Waals surface area (Å²) in [5, 5.41) is 5.03. The fraction of sp³-hybridized carbons (Fsp3) is 0.316. The summed E-state index contributed by atoms with van der Waals surface area (Å²) >= 11 is 0. The third kappa shape index (κ3) is 3.33. The second kappa shape index (κ2) is 6.90. The number of aromatic nitrogens is 2. The lowest BCUT2D eigenvalue weighted by atomic mass is 10.1. The van der Waals surface area contributed by atoms with Crippen LogP contribution < -0.4 is 5.56 Å². The number of benzene rings is 1. The number of nitrogens with zero attached hydrogens (tertiary/aromatic N) is 3. The Balaban J connectivity index is 1.81. The van der Waals surface area contributed by atoms with Crippen molar-refractivity contribution >= 4 is 26.5 Å². The molecule has 1 aliphatic rings. The predicted molar refractivity (Wildman–Crippen MR) is 103 cm³/mol. The monoisotopic (exact) mass is 401 g/mol. The summed E-state index contributed by atoms with van der Waals surface area (Å²) in [5.74, 6) is 0.0709. The van der Waals surface area contributed by atoms with Crippen LogP contribution in [-0.2, 0) is 23.4 Å². The van der Waals surface area contributed by atoms with Crippen LogP contribution in [0.3, 0.4) is 0 Å². The van der Waals surface area contributed by atoms with Crippen LogP contribution in [0.25, 0.3) is 10.8 Å². The molecule has 0 bridgehead atoms. The lowest BCUT2D eigenvalue weighted by Crippen LogP contribution is -2.41. The number of sulfone groups is 1. The van der Waals surface area contributed by atoms with Gasteiger partial charge in [0.05, 0.1) is 29.7 Å². The van der Waals surface area contributed by atoms with Gasteiger partial charge in [0.2, 0.25) is 0 Å². The smallest absolute Gasteiger partial charge is 0.275 e. The van der Waals surface area contributed by atoms with Crippen LogP contribution in [-0.4, -0.2) is 46.6 Å². The highest BCUT2D eigenvalue weighted by molar-refractivity contribution is 7.91. The van der Waals surface area contributed by atoms with Crippen LogP contribution >= 0.6 is 0 Å². The lowest BCUT2D eigenvalue weighted by Gasteiger charge is -2.27. The quantitative estimate of drug-likeness (QED) is 0.654. The van der Waals surface area contributed by atoms with Crippen molar-refractivity contribution in [1.29, 1.82) is 0 Å². The number of hydrogen-bond acceptors (Lipinski definition) is 6. The molecule has 1 saturated heterocycles. The van der Waals surface area contributed by atoms with E-state index in [1.165, 1.54) is 18.2 Å². The summed E-state index contributed by atoms with van der Waals surface area (Å²) in [5.41, 5.74) is -0.179. The topological polar surface area (TPSA) is 102 Å². The molecule has 1 aliphatic heterocycles. The zero-order valence-corrected chi connectivity index (χ0v) is 16.1. The lowest BCUT2D eigenvalue weighted by molar-refractivity contribution is 0.0660. The number of carbonyl (C=O) groups excluding carboxylic acids is 1. The van der Waals surface area contributed by atoms with E-state index < -0.39 is 21.8 Å². The maximum absolute atomic E-state index is 13.5. The maximum atomic E-state index is 13.5. The van der Waals surface area contributed by atoms with E-state index in [1.54, 1.807) is 36.4 Å². The van der Waals surface area contributed by atoms with Crippen LogP contribution in [0.1, 0.15) is 22.7 Å². The van der Waals surface area contributed by atoms with Crippen LogP contribution in [0.5, 0.6) is 0 Å². The number of fused-ring (bicyclic) bond motifs is 1. The molecule has 3 aromatic rings. The first kappa shape index (κ1) is 18.4. The Morgan fingerprint density at radius 2 is 2.00 bits per heavy atom. The number of amides is 1. The van der Waals surface area contributed by atoms with Crippen molar-refractivity contribution in [1.82, 2.24) is 14.7 Å². The van der Waals surface area contributed by atoms with Crippen LogP contribution in [0.4, 0.5) is 0 Å². The second-order valence-electron chi connectivity index (χ2n) is 6.89. The first-order chi connectivity index (χ1) is 13.4. The molecule has 0 unspecified atom stereocenters. The van der Waals surface area contributed by atoms with Crippen molar-refractivity contribution in [2.75, 3.05) is 11.5 Å². The van der Waals surface area contributed by atoms with Crippen molar-refractivity contribution in [2.45, 2.75) is 19.0 Å². The van der Waals surface area contributed by atoms with Gasteiger partial charge in [0.1, 0.15) is 5.76 Å². The number of furan rings is 1. The number of hydrogen-bond donors (Lipinski definition) is 0. The standard InChI is InChI=1S/C19H19N3O5S/c1-21-18(23)16-7-3-2-6-15(16)17(20-21)19(24)22(11-14-5-4-9-27-14)13-8-10-28(25,26)12-13/h2-7,9,13H,8,10-12H2,1H3/t13-/m0/s1. The molecule has 28 heavy (non-hydrogen) atoms. The van der Waals surface area contributed by atoms with E-state index in [1.807, 2.05) is 0 Å². The molecule has 0 saturated carbocycles. The molecule has 1 aromatic carbocycles. The Labute approximate surface area is 161 Å². The van der Waals surface area contributed by atoms with Gasteiger partial charge in [-0.05, 0) is 24.6 Å². The Bertz CT molecular complexity index is 1200. The van der Waals surface area contributed by atoms with Gasteiger partial charge in [-0.1, -0.05) is 18.2 Å². The highest BCUT2D eigenvalue weighted by atomic mass is 32.2. The summed E-state index contributed by atoms with van der Waals surface area (Å²) in [6, 6.07) is 9.75. The molecule has 1 atom stereocenters. The SMILES string of the molecule is Cn1nc(C(=O)N(Cc2ccco2)[C@H]2CCS(=O)(=O)C2)c2ccccc2c1=O. The zero-order chi connectivity index (χ0) is 19.9. The molecule has 0 aliphatic carbocycles. The average Bonchev–Trinajstić information content (AvgIpc) is 3.31. The van der Waals surface area contributed by atoms with Crippen LogP contribution in [0.15, 0.2) is 51.9 Å². The van der Waals surface area contributed by atoms with Crippen molar-refractivity contribution in [3.8, 4) is 0 Å². The Morgan fingerprint density at radius 1 is 1.25 bits per heavy atom. The minimum atomic E-state index is -3.19. The van der Waals surface area contributed by atoms with Gasteiger partial charge in [-0.2, -0.15) is 5.10 Å². The van der Waals surface area contributed by atoms with E-state index in [0.29, 0.717) is 23.0 Å². The van der Waals surface area contributed by atoms with Gasteiger partial charge in [0.25, 0.3) is 11.5 Å². The molecule has 9 heteroatoms. The molecule has 4 rings (SSSR count). The first-order valence-corrected chi connectivity index (χ1v) is 10.7. The van der Waals surface area contributed by atoms with E-state index in [4.69, 9.17) is 4.42 Å². The van der Waals surface area contributed by atoms with Crippen LogP contribution in [0, 0.1) is 0 Å². The van der Waals surface area contributed by atoms with Gasteiger partial charge in [0, 0.05) is 18.5 Å². The van der Waals surface area contributed by atoms with Crippen molar-refractivity contribution in [3.05, 3.63) is 64.5 Å². The molecule has 0 radical (unpaired) electrons. The number of carbonyl (C=O) groups is 1. The minimum Gasteiger partial charge on any atom is -0.467 e.